The highest BCUT2D eigenvalue weighted by Gasteiger charge is 2.23. The van der Waals surface area contributed by atoms with Gasteiger partial charge in [0.1, 0.15) is 5.56 Å². The summed E-state index contributed by atoms with van der Waals surface area (Å²) in [6, 6.07) is 3.73. The van der Waals surface area contributed by atoms with Crippen LogP contribution >= 0.6 is 15.9 Å². The van der Waals surface area contributed by atoms with Crippen LogP contribution in [0.25, 0.3) is 0 Å². The molecule has 0 aromatic heterocycles. The number of hydrogen-bond donors (Lipinski definition) is 0. The van der Waals surface area contributed by atoms with E-state index >= 15 is 0 Å². The van der Waals surface area contributed by atoms with Gasteiger partial charge in [-0.25, -0.2) is 8.78 Å². The van der Waals surface area contributed by atoms with Crippen LogP contribution < -0.4 is 0 Å². The van der Waals surface area contributed by atoms with Gasteiger partial charge in [-0.2, -0.15) is 0 Å². The van der Waals surface area contributed by atoms with E-state index in [4.69, 9.17) is 0 Å². The van der Waals surface area contributed by atoms with Crippen LogP contribution in [-0.4, -0.2) is 4.92 Å². The summed E-state index contributed by atoms with van der Waals surface area (Å²) < 4.78 is 24.7. The molecule has 1 aromatic rings. The molecule has 0 amide bonds. The van der Waals surface area contributed by atoms with Crippen molar-refractivity contribution in [3.05, 3.63) is 38.3 Å². The molecule has 13 heavy (non-hydrogen) atoms. The Morgan fingerprint density at radius 1 is 1.46 bits per heavy atom. The van der Waals surface area contributed by atoms with Crippen molar-refractivity contribution in [1.29, 1.82) is 0 Å². The number of nitro groups is 1. The van der Waals surface area contributed by atoms with Crippen LogP contribution in [0, 0.1) is 10.1 Å². The summed E-state index contributed by atoms with van der Waals surface area (Å²) in [4.78, 5) is 9.50. The summed E-state index contributed by atoms with van der Waals surface area (Å²) in [5, 5.41) is 10.3. The number of rotatable bonds is 2. The molecule has 0 unspecified atom stereocenters. The minimum absolute atomic E-state index is 0.0525. The van der Waals surface area contributed by atoms with Gasteiger partial charge in [0, 0.05) is 10.5 Å². The van der Waals surface area contributed by atoms with Crippen molar-refractivity contribution in [2.75, 3.05) is 0 Å². The van der Waals surface area contributed by atoms with Crippen LogP contribution in [-0.2, 0) is 0 Å². The van der Waals surface area contributed by atoms with Gasteiger partial charge in [-0.1, -0.05) is 22.0 Å². The maximum atomic E-state index is 12.3. The molecule has 6 heteroatoms. The quantitative estimate of drug-likeness (QED) is 0.598. The molecule has 70 valence electrons. The molecular formula is C7H4BrF2NO2. The van der Waals surface area contributed by atoms with Crippen LogP contribution in [0.4, 0.5) is 14.5 Å². The second-order valence-corrected chi connectivity index (χ2v) is 3.08. The lowest BCUT2D eigenvalue weighted by molar-refractivity contribution is -0.386. The van der Waals surface area contributed by atoms with Crippen molar-refractivity contribution in [1.82, 2.24) is 0 Å². The third-order valence-electron chi connectivity index (χ3n) is 1.44. The van der Waals surface area contributed by atoms with Crippen molar-refractivity contribution in [2.45, 2.75) is 6.43 Å². The zero-order valence-electron chi connectivity index (χ0n) is 6.21. The Labute approximate surface area is 80.6 Å². The number of hydrogen-bond acceptors (Lipinski definition) is 2. The molecule has 1 rings (SSSR count). The van der Waals surface area contributed by atoms with Crippen LogP contribution in [0.1, 0.15) is 12.0 Å². The zero-order valence-corrected chi connectivity index (χ0v) is 7.79. The molecule has 0 N–H and O–H groups in total. The lowest BCUT2D eigenvalue weighted by Crippen LogP contribution is -1.96. The van der Waals surface area contributed by atoms with Crippen molar-refractivity contribution >= 4 is 21.6 Å². The minimum Gasteiger partial charge on any atom is -0.258 e. The van der Waals surface area contributed by atoms with E-state index in [2.05, 4.69) is 15.9 Å². The SMILES string of the molecule is O=[N+]([O-])c1cccc(Br)c1C(F)F. The van der Waals surface area contributed by atoms with Crippen molar-refractivity contribution in [2.24, 2.45) is 0 Å². The predicted molar refractivity (Wildman–Crippen MR) is 45.8 cm³/mol. The lowest BCUT2D eigenvalue weighted by atomic mass is 10.2. The summed E-state index contributed by atoms with van der Waals surface area (Å²) in [7, 11) is 0. The Morgan fingerprint density at radius 2 is 2.08 bits per heavy atom. The summed E-state index contributed by atoms with van der Waals surface area (Å²) in [5.41, 5.74) is -1.14. The Bertz CT molecular complexity index is 343. The maximum Gasteiger partial charge on any atom is 0.279 e. The van der Waals surface area contributed by atoms with Gasteiger partial charge in [0.15, 0.2) is 0 Å². The molecular weight excluding hydrogens is 248 g/mol. The fourth-order valence-corrected chi connectivity index (χ4v) is 1.43. The van der Waals surface area contributed by atoms with E-state index in [-0.39, 0.29) is 4.47 Å². The van der Waals surface area contributed by atoms with Gasteiger partial charge in [0.05, 0.1) is 4.92 Å². The Balaban J connectivity index is 3.34. The van der Waals surface area contributed by atoms with Gasteiger partial charge < -0.3 is 0 Å². The average molecular weight is 252 g/mol. The highest BCUT2D eigenvalue weighted by molar-refractivity contribution is 9.10. The first-order valence-corrected chi connectivity index (χ1v) is 4.04. The molecule has 0 spiro atoms. The van der Waals surface area contributed by atoms with Crippen LogP contribution in [0.5, 0.6) is 0 Å². The topological polar surface area (TPSA) is 43.1 Å². The molecule has 1 aromatic carbocycles. The van der Waals surface area contributed by atoms with E-state index in [9.17, 15) is 18.9 Å². The summed E-state index contributed by atoms with van der Waals surface area (Å²) in [6.45, 7) is 0. The van der Waals surface area contributed by atoms with Crippen LogP contribution in [0.2, 0.25) is 0 Å². The second kappa shape index (κ2) is 3.78. The first-order valence-electron chi connectivity index (χ1n) is 3.25. The third-order valence-corrected chi connectivity index (χ3v) is 2.14. The average Bonchev–Trinajstić information content (AvgIpc) is 2.02. The maximum absolute atomic E-state index is 12.3. The number of nitro benzene ring substituents is 1. The minimum atomic E-state index is -2.85. The van der Waals surface area contributed by atoms with Gasteiger partial charge in [-0.3, -0.25) is 10.1 Å². The first kappa shape index (κ1) is 10.0. The van der Waals surface area contributed by atoms with Gasteiger partial charge >= 0.3 is 0 Å². The highest BCUT2D eigenvalue weighted by Crippen LogP contribution is 2.34. The van der Waals surface area contributed by atoms with Crippen LogP contribution in [0.3, 0.4) is 0 Å². The molecule has 0 bridgehead atoms. The van der Waals surface area contributed by atoms with E-state index < -0.39 is 22.6 Å². The zero-order chi connectivity index (χ0) is 10.0. The van der Waals surface area contributed by atoms with Crippen molar-refractivity contribution < 1.29 is 13.7 Å². The van der Waals surface area contributed by atoms with Gasteiger partial charge in [0.25, 0.3) is 12.1 Å². The summed E-state index contributed by atoms with van der Waals surface area (Å²) >= 11 is 2.83. The highest BCUT2D eigenvalue weighted by atomic mass is 79.9. The Hall–Kier alpha value is -1.04. The van der Waals surface area contributed by atoms with E-state index in [1.807, 2.05) is 0 Å². The standard InChI is InChI=1S/C7H4BrF2NO2/c8-4-2-1-3-5(11(12)13)6(4)7(9)10/h1-3,7H. The molecule has 0 fully saturated rings. The van der Waals surface area contributed by atoms with Gasteiger partial charge in [0.2, 0.25) is 0 Å². The largest absolute Gasteiger partial charge is 0.279 e. The molecule has 3 nitrogen and oxygen atoms in total. The molecule has 0 atom stereocenters. The Kier molecular flexibility index (Phi) is 2.92. The molecule has 0 aliphatic heterocycles. The second-order valence-electron chi connectivity index (χ2n) is 2.23. The van der Waals surface area contributed by atoms with E-state index in [1.165, 1.54) is 12.1 Å². The van der Waals surface area contributed by atoms with E-state index in [1.54, 1.807) is 0 Å². The number of alkyl halides is 2. The first-order chi connectivity index (χ1) is 6.04. The predicted octanol–water partition coefficient (Wildman–Crippen LogP) is 3.29. The lowest BCUT2D eigenvalue weighted by Gasteiger charge is -2.02. The van der Waals surface area contributed by atoms with E-state index in [0.717, 1.165) is 6.07 Å². The van der Waals surface area contributed by atoms with Gasteiger partial charge in [-0.05, 0) is 6.07 Å². The summed E-state index contributed by atoms with van der Waals surface area (Å²) in [6.07, 6.45) is -2.85. The number of nitrogens with zero attached hydrogens (tertiary/aromatic N) is 1. The fraction of sp³-hybridized carbons (Fsp3) is 0.143. The Morgan fingerprint density at radius 3 is 2.46 bits per heavy atom. The summed E-state index contributed by atoms with van der Waals surface area (Å²) in [5.74, 6) is 0. The normalized spacial score (nSPS) is 10.5. The molecule has 0 saturated carbocycles. The van der Waals surface area contributed by atoms with Crippen molar-refractivity contribution in [3.8, 4) is 0 Å². The molecule has 0 saturated heterocycles. The van der Waals surface area contributed by atoms with Gasteiger partial charge in [-0.15, -0.1) is 0 Å². The molecule has 0 aliphatic rings. The number of halogens is 3. The third kappa shape index (κ3) is 2.00. The van der Waals surface area contributed by atoms with E-state index in [0.29, 0.717) is 0 Å². The van der Waals surface area contributed by atoms with Crippen LogP contribution in [0.15, 0.2) is 22.7 Å². The smallest absolute Gasteiger partial charge is 0.258 e. The monoisotopic (exact) mass is 251 g/mol. The molecule has 0 heterocycles. The molecule has 0 aliphatic carbocycles. The number of benzene rings is 1. The van der Waals surface area contributed by atoms with Crippen molar-refractivity contribution in [3.63, 3.8) is 0 Å². The fourth-order valence-electron chi connectivity index (χ4n) is 0.901. The molecule has 0 radical (unpaired) electrons.